The minimum atomic E-state index is -0.282. The van der Waals surface area contributed by atoms with E-state index in [4.69, 9.17) is 9.72 Å². The van der Waals surface area contributed by atoms with E-state index < -0.39 is 0 Å². The number of fused-ring (bicyclic) bond motifs is 1. The highest BCUT2D eigenvalue weighted by Gasteiger charge is 2.19. The van der Waals surface area contributed by atoms with Crippen molar-refractivity contribution in [1.29, 1.82) is 0 Å². The fraction of sp³-hybridized carbons (Fsp3) is 0.174. The summed E-state index contributed by atoms with van der Waals surface area (Å²) in [5, 5.41) is 3.01. The zero-order chi connectivity index (χ0) is 20.2. The Bertz CT molecular complexity index is 1120. The number of nitrogens with zero attached hydrogens (tertiary/aromatic N) is 3. The second-order valence-corrected chi connectivity index (χ2v) is 6.80. The molecule has 1 atom stereocenters. The lowest BCUT2D eigenvalue weighted by Gasteiger charge is -2.16. The van der Waals surface area contributed by atoms with Gasteiger partial charge in [0.1, 0.15) is 17.3 Å². The molecule has 0 saturated carbocycles. The van der Waals surface area contributed by atoms with Gasteiger partial charge in [-0.1, -0.05) is 30.3 Å². The second kappa shape index (κ2) is 8.14. The molecule has 0 fully saturated rings. The summed E-state index contributed by atoms with van der Waals surface area (Å²) in [4.78, 5) is 21.5. The van der Waals surface area contributed by atoms with E-state index in [1.54, 1.807) is 31.5 Å². The largest absolute Gasteiger partial charge is 0.497 e. The van der Waals surface area contributed by atoms with Crippen molar-refractivity contribution in [3.8, 4) is 5.75 Å². The average molecular weight is 386 g/mol. The maximum absolute atomic E-state index is 12.6. The van der Waals surface area contributed by atoms with E-state index >= 15 is 0 Å². The van der Waals surface area contributed by atoms with Gasteiger partial charge in [0.15, 0.2) is 0 Å². The van der Waals surface area contributed by atoms with Gasteiger partial charge >= 0.3 is 0 Å². The van der Waals surface area contributed by atoms with Crippen LogP contribution in [0.4, 0.5) is 0 Å². The first-order chi connectivity index (χ1) is 14.2. The van der Waals surface area contributed by atoms with E-state index in [0.29, 0.717) is 12.2 Å². The van der Waals surface area contributed by atoms with Crippen molar-refractivity contribution < 1.29 is 9.53 Å². The minimum Gasteiger partial charge on any atom is -0.497 e. The van der Waals surface area contributed by atoms with Gasteiger partial charge in [0.2, 0.25) is 0 Å². The number of hydrogen-bond acceptors (Lipinski definition) is 4. The molecule has 29 heavy (non-hydrogen) atoms. The highest BCUT2D eigenvalue weighted by Crippen LogP contribution is 2.23. The lowest BCUT2D eigenvalue weighted by Crippen LogP contribution is -2.29. The van der Waals surface area contributed by atoms with Crippen LogP contribution in [-0.4, -0.2) is 27.6 Å². The number of benzene rings is 2. The topological polar surface area (TPSA) is 69.0 Å². The third-order valence-corrected chi connectivity index (χ3v) is 4.82. The molecule has 1 N–H and O–H groups in total. The van der Waals surface area contributed by atoms with Gasteiger partial charge in [-0.2, -0.15) is 0 Å². The van der Waals surface area contributed by atoms with Crippen LogP contribution in [0.3, 0.4) is 0 Å². The Kier molecular flexibility index (Phi) is 5.24. The second-order valence-electron chi connectivity index (χ2n) is 6.80. The first-order valence-corrected chi connectivity index (χ1v) is 9.45. The number of hydrogen-bond donors (Lipinski definition) is 1. The molecule has 0 bridgehead atoms. The van der Waals surface area contributed by atoms with Crippen LogP contribution in [0.15, 0.2) is 72.9 Å². The zero-order valence-electron chi connectivity index (χ0n) is 16.4. The number of para-hydroxylation sites is 2. The molecule has 0 saturated heterocycles. The number of imidazole rings is 1. The Morgan fingerprint density at radius 3 is 2.55 bits per heavy atom. The third kappa shape index (κ3) is 3.96. The summed E-state index contributed by atoms with van der Waals surface area (Å²) >= 11 is 0. The molecular formula is C23H22N4O2. The fourth-order valence-electron chi connectivity index (χ4n) is 3.34. The number of carbonyl (C=O) groups is 1. The van der Waals surface area contributed by atoms with Crippen LogP contribution < -0.4 is 10.1 Å². The Balaban J connectivity index is 1.66. The van der Waals surface area contributed by atoms with Gasteiger partial charge < -0.3 is 14.6 Å². The van der Waals surface area contributed by atoms with E-state index in [-0.39, 0.29) is 11.9 Å². The van der Waals surface area contributed by atoms with Crippen molar-refractivity contribution in [2.75, 3.05) is 7.11 Å². The molecule has 6 heteroatoms. The van der Waals surface area contributed by atoms with Crippen molar-refractivity contribution in [2.45, 2.75) is 19.5 Å². The molecule has 0 radical (unpaired) electrons. The van der Waals surface area contributed by atoms with E-state index in [0.717, 1.165) is 28.2 Å². The van der Waals surface area contributed by atoms with Gasteiger partial charge in [-0.3, -0.25) is 9.78 Å². The van der Waals surface area contributed by atoms with E-state index in [9.17, 15) is 4.79 Å². The maximum Gasteiger partial charge on any atom is 0.270 e. The van der Waals surface area contributed by atoms with Gasteiger partial charge in [0.05, 0.1) is 24.2 Å². The number of amides is 1. The Hall–Kier alpha value is -3.67. The van der Waals surface area contributed by atoms with Crippen molar-refractivity contribution in [3.63, 3.8) is 0 Å². The molecule has 1 unspecified atom stereocenters. The first kappa shape index (κ1) is 18.7. The van der Waals surface area contributed by atoms with Gasteiger partial charge in [0.25, 0.3) is 5.91 Å². The molecule has 0 aliphatic heterocycles. The fourth-order valence-corrected chi connectivity index (χ4v) is 3.34. The molecule has 1 amide bonds. The third-order valence-electron chi connectivity index (χ3n) is 4.82. The number of aromatic nitrogens is 3. The highest BCUT2D eigenvalue weighted by atomic mass is 16.5. The lowest BCUT2D eigenvalue weighted by molar-refractivity contribution is 0.0932. The molecule has 0 aliphatic carbocycles. The molecule has 2 aromatic heterocycles. The predicted molar refractivity (Wildman–Crippen MR) is 112 cm³/mol. The SMILES string of the molecule is COc1ccc(Cn2c(C(C)NC(=O)c3ccccn3)nc3ccccc32)cc1. The number of pyridine rings is 1. The molecule has 2 heterocycles. The summed E-state index contributed by atoms with van der Waals surface area (Å²) in [5.74, 6) is 1.40. The van der Waals surface area contributed by atoms with Crippen LogP contribution in [0.1, 0.15) is 34.8 Å². The van der Waals surface area contributed by atoms with E-state index in [2.05, 4.69) is 14.9 Å². The number of nitrogens with one attached hydrogen (secondary N) is 1. The summed E-state index contributed by atoms with van der Waals surface area (Å²) in [5.41, 5.74) is 3.43. The quantitative estimate of drug-likeness (QED) is 0.544. The van der Waals surface area contributed by atoms with Gasteiger partial charge in [-0.25, -0.2) is 4.98 Å². The van der Waals surface area contributed by atoms with Gasteiger partial charge in [-0.05, 0) is 48.9 Å². The van der Waals surface area contributed by atoms with Crippen LogP contribution in [0.25, 0.3) is 11.0 Å². The molecule has 0 spiro atoms. The van der Waals surface area contributed by atoms with E-state index in [1.807, 2.05) is 55.5 Å². The molecule has 4 aromatic rings. The zero-order valence-corrected chi connectivity index (χ0v) is 16.4. The lowest BCUT2D eigenvalue weighted by atomic mass is 10.2. The predicted octanol–water partition coefficient (Wildman–Crippen LogP) is 3.98. The smallest absolute Gasteiger partial charge is 0.270 e. The first-order valence-electron chi connectivity index (χ1n) is 9.45. The van der Waals surface area contributed by atoms with Crippen LogP contribution in [-0.2, 0) is 6.54 Å². The van der Waals surface area contributed by atoms with Crippen molar-refractivity contribution >= 4 is 16.9 Å². The molecule has 4 rings (SSSR count). The molecular weight excluding hydrogens is 364 g/mol. The van der Waals surface area contributed by atoms with Crippen molar-refractivity contribution in [1.82, 2.24) is 19.9 Å². The Morgan fingerprint density at radius 1 is 1.07 bits per heavy atom. The van der Waals surface area contributed by atoms with Crippen LogP contribution >= 0.6 is 0 Å². The summed E-state index contributed by atoms with van der Waals surface area (Å²) in [6.07, 6.45) is 1.61. The van der Waals surface area contributed by atoms with Gasteiger partial charge in [-0.15, -0.1) is 0 Å². The number of carbonyl (C=O) groups excluding carboxylic acids is 1. The molecule has 6 nitrogen and oxygen atoms in total. The van der Waals surface area contributed by atoms with E-state index in [1.165, 1.54) is 0 Å². The number of methoxy groups -OCH3 is 1. The molecule has 2 aromatic carbocycles. The standard InChI is InChI=1S/C23H22N4O2/c1-16(25-23(28)20-8-5-6-14-24-20)22-26-19-7-3-4-9-21(19)27(22)15-17-10-12-18(29-2)13-11-17/h3-14,16H,15H2,1-2H3,(H,25,28). The van der Waals surface area contributed by atoms with Crippen LogP contribution in [0.2, 0.25) is 0 Å². The average Bonchev–Trinajstić information content (AvgIpc) is 3.13. The monoisotopic (exact) mass is 386 g/mol. The normalized spacial score (nSPS) is 11.9. The van der Waals surface area contributed by atoms with Gasteiger partial charge in [0, 0.05) is 12.7 Å². The van der Waals surface area contributed by atoms with Crippen molar-refractivity contribution in [3.05, 3.63) is 90.0 Å². The molecule has 146 valence electrons. The summed E-state index contributed by atoms with van der Waals surface area (Å²) in [7, 11) is 1.66. The Labute approximate surface area is 169 Å². The minimum absolute atomic E-state index is 0.221. The summed E-state index contributed by atoms with van der Waals surface area (Å²) in [6.45, 7) is 2.58. The van der Waals surface area contributed by atoms with Crippen LogP contribution in [0.5, 0.6) is 5.75 Å². The molecule has 0 aliphatic rings. The van der Waals surface area contributed by atoms with Crippen molar-refractivity contribution in [2.24, 2.45) is 0 Å². The summed E-state index contributed by atoms with van der Waals surface area (Å²) < 4.78 is 7.39. The number of rotatable bonds is 6. The summed E-state index contributed by atoms with van der Waals surface area (Å²) in [6, 6.07) is 20.9. The highest BCUT2D eigenvalue weighted by molar-refractivity contribution is 5.92. The maximum atomic E-state index is 12.6. The van der Waals surface area contributed by atoms with Crippen LogP contribution in [0, 0.1) is 0 Å². The number of ether oxygens (including phenoxy) is 1. The Morgan fingerprint density at radius 2 is 1.83 bits per heavy atom.